The van der Waals surface area contributed by atoms with Gasteiger partial charge < -0.3 is 4.90 Å². The minimum atomic E-state index is -3.31. The van der Waals surface area contributed by atoms with Crippen LogP contribution in [0.5, 0.6) is 0 Å². The number of hydrogen-bond acceptors (Lipinski definition) is 3. The Hall–Kier alpha value is -1.40. The number of benzene rings is 1. The molecule has 0 aliphatic rings. The Bertz CT molecular complexity index is 628. The highest BCUT2D eigenvalue weighted by atomic mass is 32.2. The third kappa shape index (κ3) is 5.62. The van der Waals surface area contributed by atoms with E-state index in [2.05, 4.69) is 0 Å². The maximum Gasteiger partial charge on any atom is 0.228 e. The topological polar surface area (TPSA) is 57.7 Å². The average Bonchev–Trinajstić information content (AvgIpc) is 2.46. The van der Waals surface area contributed by atoms with Crippen LogP contribution in [0.1, 0.15) is 39.2 Å². The van der Waals surface area contributed by atoms with Gasteiger partial charge in [-0.25, -0.2) is 8.42 Å². The van der Waals surface area contributed by atoms with Gasteiger partial charge in [0, 0.05) is 31.2 Å². The van der Waals surface area contributed by atoms with Gasteiger partial charge in [-0.2, -0.15) is 4.31 Å². The molecule has 0 aliphatic carbocycles. The standard InChI is InChI=1S/C17H28N2O3S/c1-6-15(4)19(23(5,21)22)12-11-17(20)18(7-2)16-10-8-9-14(3)13-16/h8-10,13,15H,6-7,11-12H2,1-5H3. The van der Waals surface area contributed by atoms with E-state index in [1.807, 2.05) is 52.0 Å². The smallest absolute Gasteiger partial charge is 0.228 e. The van der Waals surface area contributed by atoms with E-state index >= 15 is 0 Å². The van der Waals surface area contributed by atoms with E-state index in [1.54, 1.807) is 4.90 Å². The maximum absolute atomic E-state index is 12.5. The fraction of sp³-hybridized carbons (Fsp3) is 0.588. The Labute approximate surface area is 140 Å². The first-order valence-electron chi connectivity index (χ1n) is 8.04. The van der Waals surface area contributed by atoms with E-state index in [0.29, 0.717) is 6.54 Å². The number of carbonyl (C=O) groups excluding carboxylic acids is 1. The van der Waals surface area contributed by atoms with Gasteiger partial charge in [0.05, 0.1) is 6.26 Å². The monoisotopic (exact) mass is 340 g/mol. The van der Waals surface area contributed by atoms with Crippen molar-refractivity contribution in [3.8, 4) is 0 Å². The van der Waals surface area contributed by atoms with Gasteiger partial charge in [0.1, 0.15) is 0 Å². The Balaban J connectivity index is 2.84. The lowest BCUT2D eigenvalue weighted by Crippen LogP contribution is -2.41. The highest BCUT2D eigenvalue weighted by molar-refractivity contribution is 7.88. The number of aryl methyl sites for hydroxylation is 1. The second-order valence-corrected chi connectivity index (χ2v) is 7.79. The van der Waals surface area contributed by atoms with Gasteiger partial charge in [0.25, 0.3) is 0 Å². The van der Waals surface area contributed by atoms with E-state index in [1.165, 1.54) is 10.6 Å². The SMILES string of the molecule is CCC(C)N(CCC(=O)N(CC)c1cccc(C)c1)S(C)(=O)=O. The molecule has 0 aromatic heterocycles. The summed E-state index contributed by atoms with van der Waals surface area (Å²) >= 11 is 0. The molecule has 0 fully saturated rings. The molecule has 5 nitrogen and oxygen atoms in total. The second kappa shape index (κ2) is 8.45. The van der Waals surface area contributed by atoms with Crippen molar-refractivity contribution in [2.45, 2.75) is 46.6 Å². The quantitative estimate of drug-likeness (QED) is 0.731. The zero-order chi connectivity index (χ0) is 17.6. The molecule has 0 spiro atoms. The van der Waals surface area contributed by atoms with Gasteiger partial charge in [-0.15, -0.1) is 0 Å². The molecule has 1 atom stereocenters. The molecule has 130 valence electrons. The molecule has 0 radical (unpaired) electrons. The van der Waals surface area contributed by atoms with Gasteiger partial charge >= 0.3 is 0 Å². The molecule has 1 amide bonds. The van der Waals surface area contributed by atoms with Crippen LogP contribution in [0, 0.1) is 6.92 Å². The molecule has 0 bridgehead atoms. The molecule has 0 saturated heterocycles. The first-order valence-corrected chi connectivity index (χ1v) is 9.89. The molecule has 0 heterocycles. The summed E-state index contributed by atoms with van der Waals surface area (Å²) in [6.07, 6.45) is 2.09. The van der Waals surface area contributed by atoms with Gasteiger partial charge in [0.15, 0.2) is 0 Å². The van der Waals surface area contributed by atoms with E-state index in [9.17, 15) is 13.2 Å². The molecule has 0 saturated carbocycles. The largest absolute Gasteiger partial charge is 0.313 e. The number of amides is 1. The van der Waals surface area contributed by atoms with Crippen LogP contribution in [0.2, 0.25) is 0 Å². The van der Waals surface area contributed by atoms with Crippen molar-refractivity contribution in [1.82, 2.24) is 4.31 Å². The molecule has 23 heavy (non-hydrogen) atoms. The summed E-state index contributed by atoms with van der Waals surface area (Å²) in [7, 11) is -3.31. The molecule has 1 unspecified atom stereocenters. The normalized spacial score (nSPS) is 13.1. The summed E-state index contributed by atoms with van der Waals surface area (Å²) in [5, 5.41) is 0. The predicted molar refractivity (Wildman–Crippen MR) is 95.1 cm³/mol. The van der Waals surface area contributed by atoms with Crippen molar-refractivity contribution >= 4 is 21.6 Å². The van der Waals surface area contributed by atoms with Crippen LogP contribution >= 0.6 is 0 Å². The Morgan fingerprint density at radius 3 is 2.39 bits per heavy atom. The van der Waals surface area contributed by atoms with Crippen molar-refractivity contribution in [3.63, 3.8) is 0 Å². The number of nitrogens with zero attached hydrogens (tertiary/aromatic N) is 2. The van der Waals surface area contributed by atoms with Crippen molar-refractivity contribution in [2.24, 2.45) is 0 Å². The van der Waals surface area contributed by atoms with Crippen molar-refractivity contribution in [1.29, 1.82) is 0 Å². The van der Waals surface area contributed by atoms with Crippen LogP contribution in [0.15, 0.2) is 24.3 Å². The molecule has 1 aromatic rings. The van der Waals surface area contributed by atoms with Gasteiger partial charge in [-0.1, -0.05) is 19.1 Å². The lowest BCUT2D eigenvalue weighted by atomic mass is 10.2. The summed E-state index contributed by atoms with van der Waals surface area (Å²) in [5.74, 6) is -0.0601. The third-order valence-corrected chi connectivity index (χ3v) is 5.38. The van der Waals surface area contributed by atoms with Crippen molar-refractivity contribution < 1.29 is 13.2 Å². The Kier molecular flexibility index (Phi) is 7.22. The highest BCUT2D eigenvalue weighted by Crippen LogP contribution is 2.17. The number of rotatable bonds is 8. The summed E-state index contributed by atoms with van der Waals surface area (Å²) in [6.45, 7) is 8.48. The van der Waals surface area contributed by atoms with Gasteiger partial charge in [-0.05, 0) is 44.9 Å². The van der Waals surface area contributed by atoms with E-state index in [0.717, 1.165) is 17.7 Å². The molecule has 0 aliphatic heterocycles. The van der Waals surface area contributed by atoms with Crippen LogP contribution in [0.4, 0.5) is 5.69 Å². The number of sulfonamides is 1. The lowest BCUT2D eigenvalue weighted by molar-refractivity contribution is -0.118. The molecular formula is C17H28N2O3S. The summed E-state index contributed by atoms with van der Waals surface area (Å²) in [4.78, 5) is 14.2. The molecule has 1 aromatic carbocycles. The van der Waals surface area contributed by atoms with Crippen molar-refractivity contribution in [3.05, 3.63) is 29.8 Å². The van der Waals surface area contributed by atoms with Crippen LogP contribution in [0.25, 0.3) is 0 Å². The molecule has 0 N–H and O–H groups in total. The first kappa shape index (κ1) is 19.6. The maximum atomic E-state index is 12.5. The second-order valence-electron chi connectivity index (χ2n) is 5.86. The van der Waals surface area contributed by atoms with E-state index < -0.39 is 10.0 Å². The van der Waals surface area contributed by atoms with E-state index in [4.69, 9.17) is 0 Å². The third-order valence-electron chi connectivity index (χ3n) is 3.99. The van der Waals surface area contributed by atoms with Crippen LogP contribution in [-0.4, -0.2) is 44.0 Å². The summed E-state index contributed by atoms with van der Waals surface area (Å²) < 4.78 is 25.2. The highest BCUT2D eigenvalue weighted by Gasteiger charge is 2.24. The minimum absolute atomic E-state index is 0.0601. The Morgan fingerprint density at radius 2 is 1.91 bits per heavy atom. The summed E-state index contributed by atoms with van der Waals surface area (Å²) in [5.41, 5.74) is 1.94. The van der Waals surface area contributed by atoms with Gasteiger partial charge in [0.2, 0.25) is 15.9 Å². The van der Waals surface area contributed by atoms with E-state index in [-0.39, 0.29) is 24.9 Å². The zero-order valence-electron chi connectivity index (χ0n) is 14.7. The molecule has 6 heteroatoms. The van der Waals surface area contributed by atoms with Crippen LogP contribution in [0.3, 0.4) is 0 Å². The number of carbonyl (C=O) groups is 1. The fourth-order valence-electron chi connectivity index (χ4n) is 2.56. The zero-order valence-corrected chi connectivity index (χ0v) is 15.6. The Morgan fingerprint density at radius 1 is 1.26 bits per heavy atom. The lowest BCUT2D eigenvalue weighted by Gasteiger charge is -2.27. The van der Waals surface area contributed by atoms with Gasteiger partial charge in [-0.3, -0.25) is 4.79 Å². The predicted octanol–water partition coefficient (Wildman–Crippen LogP) is 2.80. The van der Waals surface area contributed by atoms with Crippen molar-refractivity contribution in [2.75, 3.05) is 24.2 Å². The minimum Gasteiger partial charge on any atom is -0.313 e. The number of hydrogen-bond donors (Lipinski definition) is 0. The van der Waals surface area contributed by atoms with Crippen LogP contribution < -0.4 is 4.90 Å². The summed E-state index contributed by atoms with van der Waals surface area (Å²) in [6, 6.07) is 7.66. The fourth-order valence-corrected chi connectivity index (χ4v) is 3.78. The van der Waals surface area contributed by atoms with Crippen LogP contribution in [-0.2, 0) is 14.8 Å². The molecule has 1 rings (SSSR count). The average molecular weight is 340 g/mol. The molecular weight excluding hydrogens is 312 g/mol. The number of anilines is 1. The first-order chi connectivity index (χ1) is 10.7.